The molecule has 0 unspecified atom stereocenters. The third kappa shape index (κ3) is 4.95. The number of rotatable bonds is 8. The van der Waals surface area contributed by atoms with Gasteiger partial charge in [-0.3, -0.25) is 4.98 Å². The molecule has 1 aromatic carbocycles. The minimum Gasteiger partial charge on any atom is -0.361 e. The van der Waals surface area contributed by atoms with Crippen molar-refractivity contribution in [3.63, 3.8) is 0 Å². The standard InChI is InChI=1S/C25H30FN3OSi/c1-7-20-9-8-10-21(28-20)14-22-23(26)13-19(15-27)25-24(22)17(2)18(3)29(25)16-30-11-12-31(4,5)6/h7-10,13H,1,11-12,14,16H2,2-6H3. The van der Waals surface area contributed by atoms with Gasteiger partial charge in [0, 0.05) is 43.4 Å². The molecule has 0 atom stereocenters. The molecule has 0 aliphatic rings. The first-order valence-electron chi connectivity index (χ1n) is 10.5. The summed E-state index contributed by atoms with van der Waals surface area (Å²) < 4.78 is 23.2. The number of nitrogens with zero attached hydrogens (tertiary/aromatic N) is 3. The molecule has 2 heterocycles. The van der Waals surface area contributed by atoms with Crippen molar-refractivity contribution in [3.05, 3.63) is 70.4 Å². The van der Waals surface area contributed by atoms with Gasteiger partial charge in [0.25, 0.3) is 0 Å². The summed E-state index contributed by atoms with van der Waals surface area (Å²) in [6.45, 7) is 15.7. The lowest BCUT2D eigenvalue weighted by Crippen LogP contribution is -2.22. The van der Waals surface area contributed by atoms with Crippen molar-refractivity contribution in [2.24, 2.45) is 0 Å². The van der Waals surface area contributed by atoms with E-state index >= 15 is 4.39 Å². The monoisotopic (exact) mass is 435 g/mol. The summed E-state index contributed by atoms with van der Waals surface area (Å²) in [4.78, 5) is 4.54. The summed E-state index contributed by atoms with van der Waals surface area (Å²) in [5.41, 5.74) is 5.09. The predicted octanol–water partition coefficient (Wildman–Crippen LogP) is 6.21. The van der Waals surface area contributed by atoms with Crippen molar-refractivity contribution in [1.29, 1.82) is 5.26 Å². The van der Waals surface area contributed by atoms with Crippen LogP contribution in [0.5, 0.6) is 0 Å². The summed E-state index contributed by atoms with van der Waals surface area (Å²) in [5.74, 6) is -0.380. The number of ether oxygens (including phenoxy) is 1. The zero-order chi connectivity index (χ0) is 22.8. The Morgan fingerprint density at radius 3 is 2.68 bits per heavy atom. The van der Waals surface area contributed by atoms with Crippen LogP contribution in [0.2, 0.25) is 25.7 Å². The second kappa shape index (κ2) is 9.17. The molecule has 3 rings (SSSR count). The first-order valence-corrected chi connectivity index (χ1v) is 14.2. The number of fused-ring (bicyclic) bond motifs is 1. The largest absolute Gasteiger partial charge is 0.361 e. The Bertz CT molecular complexity index is 1170. The minimum absolute atomic E-state index is 0.328. The second-order valence-electron chi connectivity index (χ2n) is 9.14. The maximum atomic E-state index is 15.2. The van der Waals surface area contributed by atoms with E-state index in [1.807, 2.05) is 36.6 Å². The molecule has 2 aromatic heterocycles. The van der Waals surface area contributed by atoms with E-state index in [1.54, 1.807) is 6.08 Å². The van der Waals surface area contributed by atoms with E-state index in [2.05, 4.69) is 37.3 Å². The van der Waals surface area contributed by atoms with Gasteiger partial charge >= 0.3 is 0 Å². The summed E-state index contributed by atoms with van der Waals surface area (Å²) in [6.07, 6.45) is 2.02. The molecule has 0 spiro atoms. The van der Waals surface area contributed by atoms with E-state index in [4.69, 9.17) is 4.74 Å². The molecule has 0 aliphatic carbocycles. The topological polar surface area (TPSA) is 50.8 Å². The van der Waals surface area contributed by atoms with Crippen molar-refractivity contribution in [3.8, 4) is 6.07 Å². The van der Waals surface area contributed by atoms with Crippen molar-refractivity contribution in [1.82, 2.24) is 9.55 Å². The van der Waals surface area contributed by atoms with Crippen molar-refractivity contribution >= 4 is 25.1 Å². The molecular weight excluding hydrogens is 405 g/mol. The molecule has 162 valence electrons. The molecule has 0 saturated heterocycles. The predicted molar refractivity (Wildman–Crippen MR) is 127 cm³/mol. The van der Waals surface area contributed by atoms with E-state index in [0.717, 1.165) is 39.6 Å². The van der Waals surface area contributed by atoms with E-state index in [9.17, 15) is 5.26 Å². The fourth-order valence-corrected chi connectivity index (χ4v) is 4.52. The van der Waals surface area contributed by atoms with Gasteiger partial charge in [0.2, 0.25) is 0 Å². The Hall–Kier alpha value is -2.75. The smallest absolute Gasteiger partial charge is 0.128 e. The second-order valence-corrected chi connectivity index (χ2v) is 14.8. The number of benzene rings is 1. The highest BCUT2D eigenvalue weighted by Gasteiger charge is 2.22. The molecule has 0 aliphatic heterocycles. The van der Waals surface area contributed by atoms with Gasteiger partial charge in [-0.25, -0.2) is 4.39 Å². The maximum Gasteiger partial charge on any atom is 0.128 e. The summed E-state index contributed by atoms with van der Waals surface area (Å²) in [5, 5.41) is 10.5. The van der Waals surface area contributed by atoms with Crippen LogP contribution in [0, 0.1) is 31.0 Å². The maximum absolute atomic E-state index is 15.2. The van der Waals surface area contributed by atoms with Gasteiger partial charge in [0.15, 0.2) is 0 Å². The Morgan fingerprint density at radius 1 is 1.29 bits per heavy atom. The molecule has 0 radical (unpaired) electrons. The lowest BCUT2D eigenvalue weighted by Gasteiger charge is -2.17. The highest BCUT2D eigenvalue weighted by atomic mass is 28.3. The van der Waals surface area contributed by atoms with Gasteiger partial charge in [0.05, 0.1) is 16.8 Å². The van der Waals surface area contributed by atoms with E-state index in [1.165, 1.54) is 6.07 Å². The fraction of sp³-hybridized carbons (Fsp3) is 0.360. The van der Waals surface area contributed by atoms with Crippen LogP contribution in [0.1, 0.15) is 33.8 Å². The number of pyridine rings is 1. The quantitative estimate of drug-likeness (QED) is 0.312. The number of hydrogen-bond acceptors (Lipinski definition) is 3. The number of nitriles is 1. The molecule has 0 N–H and O–H groups in total. The summed E-state index contributed by atoms with van der Waals surface area (Å²) in [7, 11) is -1.19. The van der Waals surface area contributed by atoms with Crippen LogP contribution in [0.25, 0.3) is 17.0 Å². The first kappa shape index (κ1) is 22.9. The van der Waals surface area contributed by atoms with Crippen LogP contribution in [0.15, 0.2) is 30.8 Å². The van der Waals surface area contributed by atoms with Crippen LogP contribution in [0.3, 0.4) is 0 Å². The van der Waals surface area contributed by atoms with Gasteiger partial charge in [0.1, 0.15) is 18.6 Å². The van der Waals surface area contributed by atoms with Crippen molar-refractivity contribution in [2.45, 2.75) is 52.7 Å². The van der Waals surface area contributed by atoms with Gasteiger partial charge < -0.3 is 9.30 Å². The van der Waals surface area contributed by atoms with Crippen LogP contribution in [0.4, 0.5) is 4.39 Å². The van der Waals surface area contributed by atoms with Crippen LogP contribution >= 0.6 is 0 Å². The highest BCUT2D eigenvalue weighted by Crippen LogP contribution is 2.34. The van der Waals surface area contributed by atoms with Crippen LogP contribution in [-0.2, 0) is 17.9 Å². The molecule has 4 nitrogen and oxygen atoms in total. The van der Waals surface area contributed by atoms with E-state index in [0.29, 0.717) is 30.9 Å². The average Bonchev–Trinajstić information content (AvgIpc) is 2.97. The molecule has 0 saturated carbocycles. The Labute approximate surface area is 185 Å². The molecule has 3 aromatic rings. The Balaban J connectivity index is 2.07. The van der Waals surface area contributed by atoms with Gasteiger partial charge in [-0.05, 0) is 49.7 Å². The van der Waals surface area contributed by atoms with Gasteiger partial charge in [-0.1, -0.05) is 32.3 Å². The first-order chi connectivity index (χ1) is 14.7. The molecule has 0 fully saturated rings. The highest BCUT2D eigenvalue weighted by molar-refractivity contribution is 6.76. The minimum atomic E-state index is -1.19. The lowest BCUT2D eigenvalue weighted by atomic mass is 9.98. The van der Waals surface area contributed by atoms with E-state index < -0.39 is 8.07 Å². The van der Waals surface area contributed by atoms with Gasteiger partial charge in [-0.2, -0.15) is 5.26 Å². The molecule has 0 amide bonds. The SMILES string of the molecule is C=Cc1cccc(Cc2c(F)cc(C#N)c3c2c(C)c(C)n3COCC[Si](C)(C)C)n1. The lowest BCUT2D eigenvalue weighted by molar-refractivity contribution is 0.0889. The number of aromatic nitrogens is 2. The Morgan fingerprint density at radius 2 is 2.03 bits per heavy atom. The van der Waals surface area contributed by atoms with Crippen molar-refractivity contribution in [2.75, 3.05) is 6.61 Å². The summed E-state index contributed by atoms with van der Waals surface area (Å²) in [6, 6.07) is 10.2. The number of halogens is 1. The van der Waals surface area contributed by atoms with E-state index in [-0.39, 0.29) is 5.82 Å². The number of aryl methyl sites for hydroxylation is 1. The zero-order valence-corrected chi connectivity index (χ0v) is 20.1. The molecule has 6 heteroatoms. The molecule has 31 heavy (non-hydrogen) atoms. The van der Waals surface area contributed by atoms with Crippen LogP contribution < -0.4 is 0 Å². The number of hydrogen-bond donors (Lipinski definition) is 0. The Kier molecular flexibility index (Phi) is 6.78. The fourth-order valence-electron chi connectivity index (χ4n) is 3.76. The third-order valence-electron chi connectivity index (χ3n) is 5.68. The van der Waals surface area contributed by atoms with Gasteiger partial charge in [-0.15, -0.1) is 0 Å². The molecular formula is C25H30FN3OSi. The van der Waals surface area contributed by atoms with Crippen molar-refractivity contribution < 1.29 is 9.13 Å². The third-order valence-corrected chi connectivity index (χ3v) is 7.38. The summed E-state index contributed by atoms with van der Waals surface area (Å²) >= 11 is 0. The van der Waals surface area contributed by atoms with Crippen LogP contribution in [-0.4, -0.2) is 24.2 Å². The normalized spacial score (nSPS) is 11.6. The average molecular weight is 436 g/mol. The molecule has 0 bridgehead atoms. The zero-order valence-electron chi connectivity index (χ0n) is 19.1.